The third-order valence-electron chi connectivity index (χ3n) is 5.79. The quantitative estimate of drug-likeness (QED) is 0.305. The first kappa shape index (κ1) is 28.5. The number of thioether (sulfide) groups is 1. The Balaban J connectivity index is 0.00000361. The Labute approximate surface area is 225 Å². The van der Waals surface area contributed by atoms with Crippen LogP contribution < -0.4 is 14.4 Å². The van der Waals surface area contributed by atoms with Gasteiger partial charge in [0.05, 0.1) is 27.4 Å². The van der Waals surface area contributed by atoms with E-state index in [0.29, 0.717) is 40.9 Å². The highest BCUT2D eigenvalue weighted by atomic mass is 35.5. The van der Waals surface area contributed by atoms with Crippen LogP contribution in [-0.2, 0) is 9.53 Å². The molecule has 1 saturated heterocycles. The van der Waals surface area contributed by atoms with Gasteiger partial charge in [-0.3, -0.25) is 14.6 Å². The fraction of sp³-hybridized carbons (Fsp3) is 0.440. The normalized spacial score (nSPS) is 13.9. The van der Waals surface area contributed by atoms with Gasteiger partial charge in [-0.15, -0.1) is 24.2 Å². The van der Waals surface area contributed by atoms with Gasteiger partial charge in [-0.05, 0) is 42.8 Å². The minimum atomic E-state index is -0.265. The lowest BCUT2D eigenvalue weighted by Gasteiger charge is -2.27. The molecular formula is C25H31ClFN3O4S2. The SMILES string of the molecule is COc1ccc(OC)c2sc(N(CCCN3CCOCC3)C(=O)CCSc3ccc(F)cc3)nc12.Cl. The second-order valence-corrected chi connectivity index (χ2v) is 10.2. The molecule has 7 nitrogen and oxygen atoms in total. The Bertz CT molecular complexity index is 1090. The fourth-order valence-electron chi connectivity index (χ4n) is 3.92. The second kappa shape index (κ2) is 14.0. The predicted octanol–water partition coefficient (Wildman–Crippen LogP) is 5.11. The van der Waals surface area contributed by atoms with Crippen molar-refractivity contribution in [2.45, 2.75) is 17.7 Å². The van der Waals surface area contributed by atoms with E-state index in [2.05, 4.69) is 4.90 Å². The topological polar surface area (TPSA) is 64.1 Å². The number of ether oxygens (including phenoxy) is 3. The number of hydrogen-bond donors (Lipinski definition) is 0. The highest BCUT2D eigenvalue weighted by Crippen LogP contribution is 2.40. The molecule has 11 heteroatoms. The van der Waals surface area contributed by atoms with Crippen molar-refractivity contribution in [2.24, 2.45) is 0 Å². The van der Waals surface area contributed by atoms with E-state index in [-0.39, 0.29) is 24.1 Å². The summed E-state index contributed by atoms with van der Waals surface area (Å²) in [6, 6.07) is 10.0. The molecule has 0 bridgehead atoms. The summed E-state index contributed by atoms with van der Waals surface area (Å²) in [5, 5.41) is 0.640. The zero-order valence-corrected chi connectivity index (χ0v) is 22.9. The van der Waals surface area contributed by atoms with E-state index in [0.717, 1.165) is 48.9 Å². The Morgan fingerprint density at radius 2 is 1.83 bits per heavy atom. The van der Waals surface area contributed by atoms with Gasteiger partial charge in [0.15, 0.2) is 5.13 Å². The molecule has 0 unspecified atom stereocenters. The van der Waals surface area contributed by atoms with E-state index in [1.54, 1.807) is 43.0 Å². The van der Waals surface area contributed by atoms with Crippen molar-refractivity contribution in [2.75, 3.05) is 64.3 Å². The van der Waals surface area contributed by atoms with Gasteiger partial charge in [0.2, 0.25) is 5.91 Å². The number of anilines is 1. The highest BCUT2D eigenvalue weighted by molar-refractivity contribution is 7.99. The number of carbonyl (C=O) groups excluding carboxylic acids is 1. The smallest absolute Gasteiger partial charge is 0.229 e. The van der Waals surface area contributed by atoms with E-state index < -0.39 is 0 Å². The van der Waals surface area contributed by atoms with Crippen LogP contribution in [-0.4, -0.2) is 75.2 Å². The van der Waals surface area contributed by atoms with E-state index in [9.17, 15) is 9.18 Å². The summed E-state index contributed by atoms with van der Waals surface area (Å²) in [7, 11) is 3.23. The van der Waals surface area contributed by atoms with E-state index in [4.69, 9.17) is 19.2 Å². The molecule has 36 heavy (non-hydrogen) atoms. The first-order valence-corrected chi connectivity index (χ1v) is 13.4. The Morgan fingerprint density at radius 1 is 1.14 bits per heavy atom. The minimum Gasteiger partial charge on any atom is -0.495 e. The third-order valence-corrected chi connectivity index (χ3v) is 7.90. The molecule has 1 aliphatic rings. The maximum Gasteiger partial charge on any atom is 0.229 e. The van der Waals surface area contributed by atoms with Crippen LogP contribution in [0.25, 0.3) is 10.2 Å². The number of morpholine rings is 1. The van der Waals surface area contributed by atoms with Crippen LogP contribution in [0.15, 0.2) is 41.3 Å². The second-order valence-electron chi connectivity index (χ2n) is 8.05. The van der Waals surface area contributed by atoms with Crippen LogP contribution >= 0.6 is 35.5 Å². The number of carbonyl (C=O) groups is 1. The Kier molecular flexibility index (Phi) is 11.1. The third kappa shape index (κ3) is 7.23. The molecular weight excluding hydrogens is 525 g/mol. The van der Waals surface area contributed by atoms with Crippen molar-refractivity contribution < 1.29 is 23.4 Å². The first-order chi connectivity index (χ1) is 17.1. The molecule has 2 heterocycles. The molecule has 0 atom stereocenters. The van der Waals surface area contributed by atoms with Crippen molar-refractivity contribution in [3.05, 3.63) is 42.2 Å². The summed E-state index contributed by atoms with van der Waals surface area (Å²) >= 11 is 2.98. The van der Waals surface area contributed by atoms with Crippen LogP contribution in [0.4, 0.5) is 9.52 Å². The molecule has 0 radical (unpaired) electrons. The molecule has 1 aliphatic heterocycles. The predicted molar refractivity (Wildman–Crippen MR) is 146 cm³/mol. The van der Waals surface area contributed by atoms with Gasteiger partial charge >= 0.3 is 0 Å². The van der Waals surface area contributed by atoms with Gasteiger partial charge in [-0.1, -0.05) is 11.3 Å². The zero-order chi connectivity index (χ0) is 24.6. The molecule has 1 amide bonds. The average Bonchev–Trinajstić information content (AvgIpc) is 3.33. The molecule has 1 aromatic heterocycles. The number of methoxy groups -OCH3 is 2. The maximum absolute atomic E-state index is 13.4. The molecule has 2 aromatic carbocycles. The number of nitrogens with zero attached hydrogens (tertiary/aromatic N) is 3. The number of benzene rings is 2. The number of amides is 1. The minimum absolute atomic E-state index is 0. The monoisotopic (exact) mass is 555 g/mol. The summed E-state index contributed by atoms with van der Waals surface area (Å²) in [4.78, 5) is 23.3. The van der Waals surface area contributed by atoms with Gasteiger partial charge in [-0.2, -0.15) is 0 Å². The fourth-order valence-corrected chi connectivity index (χ4v) is 5.87. The number of rotatable bonds is 11. The summed E-state index contributed by atoms with van der Waals surface area (Å²) in [6.07, 6.45) is 1.19. The molecule has 1 fully saturated rings. The Morgan fingerprint density at radius 3 is 2.53 bits per heavy atom. The summed E-state index contributed by atoms with van der Waals surface area (Å²) in [5.74, 6) is 1.70. The number of aromatic nitrogens is 1. The molecule has 0 spiro atoms. The molecule has 3 aromatic rings. The molecule has 0 aliphatic carbocycles. The lowest BCUT2D eigenvalue weighted by molar-refractivity contribution is -0.118. The van der Waals surface area contributed by atoms with Crippen LogP contribution in [0, 0.1) is 5.82 Å². The lowest BCUT2D eigenvalue weighted by Crippen LogP contribution is -2.39. The summed E-state index contributed by atoms with van der Waals surface area (Å²) < 4.78 is 30.5. The van der Waals surface area contributed by atoms with Gasteiger partial charge in [0.1, 0.15) is 27.5 Å². The van der Waals surface area contributed by atoms with Crippen molar-refractivity contribution in [1.29, 1.82) is 0 Å². The van der Waals surface area contributed by atoms with E-state index in [1.807, 2.05) is 12.1 Å². The molecule has 196 valence electrons. The maximum atomic E-state index is 13.4. The van der Waals surface area contributed by atoms with Crippen molar-refractivity contribution in [1.82, 2.24) is 9.88 Å². The molecule has 0 N–H and O–H groups in total. The van der Waals surface area contributed by atoms with Gasteiger partial charge in [0, 0.05) is 43.2 Å². The van der Waals surface area contributed by atoms with Crippen LogP contribution in [0.5, 0.6) is 11.5 Å². The lowest BCUT2D eigenvalue weighted by atomic mass is 10.3. The summed E-state index contributed by atoms with van der Waals surface area (Å²) in [6.45, 7) is 4.80. The number of thiazole rings is 1. The van der Waals surface area contributed by atoms with Crippen molar-refractivity contribution in [3.8, 4) is 11.5 Å². The standard InChI is InChI=1S/C25H30FN3O4S2.ClH/c1-31-20-8-9-21(32-2)24-23(20)27-25(35-24)29(12-3-11-28-13-15-33-16-14-28)22(30)10-17-34-19-6-4-18(26)5-7-19;/h4-9H,3,10-17H2,1-2H3;1H. The van der Waals surface area contributed by atoms with Gasteiger partial charge in [-0.25, -0.2) is 9.37 Å². The van der Waals surface area contributed by atoms with Gasteiger partial charge in [0.25, 0.3) is 0 Å². The Hall–Kier alpha value is -2.11. The highest BCUT2D eigenvalue weighted by Gasteiger charge is 2.23. The van der Waals surface area contributed by atoms with Crippen LogP contribution in [0.3, 0.4) is 0 Å². The van der Waals surface area contributed by atoms with E-state index in [1.165, 1.54) is 23.5 Å². The number of halogens is 2. The average molecular weight is 556 g/mol. The van der Waals surface area contributed by atoms with Crippen molar-refractivity contribution >= 4 is 56.8 Å². The number of hydrogen-bond acceptors (Lipinski definition) is 8. The van der Waals surface area contributed by atoms with E-state index >= 15 is 0 Å². The first-order valence-electron chi connectivity index (χ1n) is 11.6. The van der Waals surface area contributed by atoms with Crippen LogP contribution in [0.2, 0.25) is 0 Å². The largest absolute Gasteiger partial charge is 0.495 e. The molecule has 0 saturated carbocycles. The number of fused-ring (bicyclic) bond motifs is 1. The van der Waals surface area contributed by atoms with Crippen LogP contribution in [0.1, 0.15) is 12.8 Å². The summed E-state index contributed by atoms with van der Waals surface area (Å²) in [5.41, 5.74) is 0.693. The van der Waals surface area contributed by atoms with Gasteiger partial charge < -0.3 is 14.2 Å². The zero-order valence-electron chi connectivity index (χ0n) is 20.4. The van der Waals surface area contributed by atoms with Crippen molar-refractivity contribution in [3.63, 3.8) is 0 Å². The molecule has 4 rings (SSSR count).